The van der Waals surface area contributed by atoms with Gasteiger partial charge in [0.2, 0.25) is 5.88 Å². The van der Waals surface area contributed by atoms with Gasteiger partial charge in [0.05, 0.1) is 11.8 Å². The van der Waals surface area contributed by atoms with Crippen molar-refractivity contribution in [1.82, 2.24) is 5.16 Å². The first-order valence-electron chi connectivity index (χ1n) is 5.83. The van der Waals surface area contributed by atoms with Crippen molar-refractivity contribution in [2.24, 2.45) is 0 Å². The number of nitrogens with zero attached hydrogens (tertiary/aromatic N) is 1. The largest absolute Gasteiger partial charge is 0.462 e. The second-order valence-corrected chi connectivity index (χ2v) is 4.33. The average Bonchev–Trinajstić information content (AvgIpc) is 2.96. The van der Waals surface area contributed by atoms with Crippen molar-refractivity contribution in [2.45, 2.75) is 6.92 Å². The molecular weight excluding hydrogens is 266 g/mol. The Morgan fingerprint density at radius 1 is 1.20 bits per heavy atom. The first-order valence-corrected chi connectivity index (χ1v) is 5.83. The molecule has 0 aliphatic rings. The molecule has 0 aliphatic carbocycles. The van der Waals surface area contributed by atoms with Gasteiger partial charge in [-0.2, -0.15) is 0 Å². The van der Waals surface area contributed by atoms with Gasteiger partial charge in [0.25, 0.3) is 0 Å². The maximum absolute atomic E-state index is 13.9. The summed E-state index contributed by atoms with van der Waals surface area (Å²) in [7, 11) is 0. The van der Waals surface area contributed by atoms with E-state index < -0.39 is 11.6 Å². The van der Waals surface area contributed by atoms with Crippen LogP contribution < -0.4 is 5.73 Å². The molecule has 3 aromatic rings. The predicted molar refractivity (Wildman–Crippen MR) is 68.7 cm³/mol. The van der Waals surface area contributed by atoms with Crippen LogP contribution in [0.1, 0.15) is 5.56 Å². The van der Waals surface area contributed by atoms with Gasteiger partial charge < -0.3 is 14.7 Å². The normalized spacial score (nSPS) is 10.9. The highest BCUT2D eigenvalue weighted by atomic mass is 19.1. The number of rotatable bonds is 2. The molecule has 2 N–H and O–H groups in total. The van der Waals surface area contributed by atoms with E-state index in [4.69, 9.17) is 14.7 Å². The minimum absolute atomic E-state index is 0.0543. The van der Waals surface area contributed by atoms with E-state index in [1.807, 2.05) is 6.92 Å². The molecule has 4 nitrogen and oxygen atoms in total. The average molecular weight is 276 g/mol. The van der Waals surface area contributed by atoms with E-state index in [2.05, 4.69) is 5.16 Å². The number of furan rings is 1. The zero-order valence-electron chi connectivity index (χ0n) is 10.5. The van der Waals surface area contributed by atoms with E-state index in [1.54, 1.807) is 6.07 Å². The number of benzene rings is 1. The molecule has 0 bridgehead atoms. The Labute approximate surface area is 112 Å². The molecule has 0 spiro atoms. The van der Waals surface area contributed by atoms with Gasteiger partial charge >= 0.3 is 0 Å². The van der Waals surface area contributed by atoms with E-state index in [0.29, 0.717) is 5.76 Å². The molecule has 0 fully saturated rings. The minimum atomic E-state index is -0.745. The molecule has 6 heteroatoms. The molecule has 0 amide bonds. The maximum atomic E-state index is 13.9. The summed E-state index contributed by atoms with van der Waals surface area (Å²) in [6.45, 7) is 1.81. The number of aryl methyl sites for hydroxylation is 1. The lowest BCUT2D eigenvalue weighted by Gasteiger charge is -2.03. The van der Waals surface area contributed by atoms with E-state index in [-0.39, 0.29) is 22.7 Å². The molecule has 1 aromatic carbocycles. The topological polar surface area (TPSA) is 65.2 Å². The fraction of sp³-hybridized carbons (Fsp3) is 0.0714. The van der Waals surface area contributed by atoms with Crippen molar-refractivity contribution in [3.05, 3.63) is 47.7 Å². The van der Waals surface area contributed by atoms with Crippen LogP contribution in [0.2, 0.25) is 0 Å². The summed E-state index contributed by atoms with van der Waals surface area (Å²) in [5.74, 6) is -1.03. The van der Waals surface area contributed by atoms with Crippen molar-refractivity contribution >= 4 is 5.88 Å². The van der Waals surface area contributed by atoms with Gasteiger partial charge in [-0.15, -0.1) is 0 Å². The number of nitrogen functional groups attached to an aromatic ring is 1. The number of aromatic nitrogens is 1. The summed E-state index contributed by atoms with van der Waals surface area (Å²) in [5, 5.41) is 3.80. The lowest BCUT2D eigenvalue weighted by atomic mass is 10.0. The lowest BCUT2D eigenvalue weighted by molar-refractivity contribution is 0.435. The van der Waals surface area contributed by atoms with E-state index in [9.17, 15) is 8.78 Å². The van der Waals surface area contributed by atoms with Crippen LogP contribution in [0.5, 0.6) is 0 Å². The molecule has 102 valence electrons. The summed E-state index contributed by atoms with van der Waals surface area (Å²) in [5.41, 5.74) is 7.16. The Morgan fingerprint density at radius 2 is 2.00 bits per heavy atom. The van der Waals surface area contributed by atoms with E-state index in [0.717, 1.165) is 17.7 Å². The first-order chi connectivity index (χ1) is 9.58. The highest BCUT2D eigenvalue weighted by Gasteiger charge is 2.23. The smallest absolute Gasteiger partial charge is 0.230 e. The third-order valence-corrected chi connectivity index (χ3v) is 3.00. The van der Waals surface area contributed by atoms with Crippen LogP contribution in [0, 0.1) is 18.6 Å². The molecule has 2 heterocycles. The summed E-state index contributed by atoms with van der Waals surface area (Å²) in [4.78, 5) is 0. The minimum Gasteiger partial charge on any atom is -0.462 e. The molecule has 0 saturated heterocycles. The zero-order chi connectivity index (χ0) is 14.3. The Balaban J connectivity index is 2.24. The van der Waals surface area contributed by atoms with Gasteiger partial charge in [0.15, 0.2) is 11.5 Å². The third-order valence-electron chi connectivity index (χ3n) is 3.00. The summed E-state index contributed by atoms with van der Waals surface area (Å²) in [6, 6.07) is 4.95. The quantitative estimate of drug-likeness (QED) is 0.773. The van der Waals surface area contributed by atoms with Crippen molar-refractivity contribution in [1.29, 1.82) is 0 Å². The number of anilines is 1. The molecular formula is C14H10F2N2O2. The number of hydrogen-bond donors (Lipinski definition) is 1. The predicted octanol–water partition coefficient (Wildman–Crippen LogP) is 3.77. The molecule has 20 heavy (non-hydrogen) atoms. The van der Waals surface area contributed by atoms with Gasteiger partial charge in [-0.3, -0.25) is 0 Å². The summed E-state index contributed by atoms with van der Waals surface area (Å²) < 4.78 is 37.2. The van der Waals surface area contributed by atoms with Gasteiger partial charge in [-0.25, -0.2) is 8.78 Å². The van der Waals surface area contributed by atoms with Gasteiger partial charge in [0, 0.05) is 11.6 Å². The van der Waals surface area contributed by atoms with Crippen LogP contribution >= 0.6 is 0 Å². The molecule has 3 rings (SSSR count). The van der Waals surface area contributed by atoms with Crippen molar-refractivity contribution < 1.29 is 17.7 Å². The van der Waals surface area contributed by atoms with Crippen molar-refractivity contribution in [3.63, 3.8) is 0 Å². The molecule has 0 saturated carbocycles. The third kappa shape index (κ3) is 1.85. The van der Waals surface area contributed by atoms with Crippen LogP contribution in [0.15, 0.2) is 39.5 Å². The number of halogens is 2. The van der Waals surface area contributed by atoms with E-state index in [1.165, 1.54) is 12.3 Å². The highest BCUT2D eigenvalue weighted by Crippen LogP contribution is 2.38. The summed E-state index contributed by atoms with van der Waals surface area (Å²) >= 11 is 0. The number of nitrogens with two attached hydrogens (primary N) is 1. The lowest BCUT2D eigenvalue weighted by Crippen LogP contribution is -1.92. The standard InChI is InChI=1S/C14H10F2N2O2/c1-7-4-5-19-13(7)12-11(14(17)20-18-12)9-3-2-8(15)6-10(9)16/h2-6H,17H2,1H3. The van der Waals surface area contributed by atoms with Crippen LogP contribution in [0.3, 0.4) is 0 Å². The molecule has 0 unspecified atom stereocenters. The van der Waals surface area contributed by atoms with Crippen molar-refractivity contribution in [3.8, 4) is 22.6 Å². The fourth-order valence-electron chi connectivity index (χ4n) is 2.03. The van der Waals surface area contributed by atoms with Gasteiger partial charge in [0.1, 0.15) is 11.6 Å². The van der Waals surface area contributed by atoms with Crippen LogP contribution in [0.25, 0.3) is 22.6 Å². The Morgan fingerprint density at radius 3 is 2.65 bits per heavy atom. The van der Waals surface area contributed by atoms with Crippen LogP contribution in [0.4, 0.5) is 14.7 Å². The Hall–Kier alpha value is -2.63. The van der Waals surface area contributed by atoms with E-state index >= 15 is 0 Å². The highest BCUT2D eigenvalue weighted by molar-refractivity contribution is 5.86. The Kier molecular flexibility index (Phi) is 2.78. The van der Waals surface area contributed by atoms with Gasteiger partial charge in [-0.05, 0) is 30.7 Å². The Bertz CT molecular complexity index is 777. The van der Waals surface area contributed by atoms with Crippen molar-refractivity contribution in [2.75, 3.05) is 5.73 Å². The first kappa shape index (κ1) is 12.4. The zero-order valence-corrected chi connectivity index (χ0v) is 10.5. The van der Waals surface area contributed by atoms with Gasteiger partial charge in [-0.1, -0.05) is 5.16 Å². The van der Waals surface area contributed by atoms with Crippen LogP contribution in [-0.2, 0) is 0 Å². The number of hydrogen-bond acceptors (Lipinski definition) is 4. The SMILES string of the molecule is Cc1ccoc1-c1noc(N)c1-c1ccc(F)cc1F. The second-order valence-electron chi connectivity index (χ2n) is 4.33. The molecule has 0 radical (unpaired) electrons. The maximum Gasteiger partial charge on any atom is 0.230 e. The molecule has 0 atom stereocenters. The molecule has 2 aromatic heterocycles. The van der Waals surface area contributed by atoms with Crippen LogP contribution in [-0.4, -0.2) is 5.16 Å². The molecule has 0 aliphatic heterocycles. The summed E-state index contributed by atoms with van der Waals surface area (Å²) in [6.07, 6.45) is 1.49. The fourth-order valence-corrected chi connectivity index (χ4v) is 2.03. The monoisotopic (exact) mass is 276 g/mol. The second kappa shape index (κ2) is 4.48.